The first kappa shape index (κ1) is 16.4. The van der Waals surface area contributed by atoms with Gasteiger partial charge < -0.3 is 9.80 Å². The van der Waals surface area contributed by atoms with Crippen LogP contribution >= 0.6 is 0 Å². The van der Waals surface area contributed by atoms with Crippen LogP contribution in [-0.4, -0.2) is 62.6 Å². The fourth-order valence-electron chi connectivity index (χ4n) is 3.35. The number of aromatic nitrogens is 4. The van der Waals surface area contributed by atoms with Crippen molar-refractivity contribution in [3.05, 3.63) is 72.1 Å². The van der Waals surface area contributed by atoms with E-state index in [2.05, 4.69) is 39.6 Å². The van der Waals surface area contributed by atoms with Crippen molar-refractivity contribution in [1.29, 1.82) is 0 Å². The van der Waals surface area contributed by atoms with Gasteiger partial charge in [0.05, 0.1) is 11.7 Å². The Balaban J connectivity index is 1.65. The van der Waals surface area contributed by atoms with Crippen molar-refractivity contribution in [3.8, 4) is 5.69 Å². The smallest absolute Gasteiger partial charge is 0.254 e. The van der Waals surface area contributed by atoms with Crippen molar-refractivity contribution in [2.24, 2.45) is 0 Å². The molecule has 0 radical (unpaired) electrons. The number of tetrazole rings is 1. The molecule has 1 saturated heterocycles. The molecule has 2 heterocycles. The van der Waals surface area contributed by atoms with Crippen LogP contribution in [0, 0.1) is 0 Å². The maximum Gasteiger partial charge on any atom is 0.254 e. The zero-order valence-electron chi connectivity index (χ0n) is 14.6. The van der Waals surface area contributed by atoms with Crippen LogP contribution in [0.2, 0.25) is 0 Å². The molecule has 0 N–H and O–H groups in total. The quantitative estimate of drug-likeness (QED) is 0.722. The number of piperazine rings is 1. The Morgan fingerprint density at radius 3 is 2.69 bits per heavy atom. The first-order chi connectivity index (χ1) is 12.7. The summed E-state index contributed by atoms with van der Waals surface area (Å²) in [5, 5.41) is 11.2. The van der Waals surface area contributed by atoms with Crippen LogP contribution in [0.4, 0.5) is 0 Å². The Labute approximate surface area is 151 Å². The summed E-state index contributed by atoms with van der Waals surface area (Å²) in [6, 6.07) is 17.7. The fourth-order valence-corrected chi connectivity index (χ4v) is 3.35. The molecule has 0 unspecified atom stereocenters. The Morgan fingerprint density at radius 1 is 1.08 bits per heavy atom. The molecule has 1 atom stereocenters. The van der Waals surface area contributed by atoms with Gasteiger partial charge in [0.25, 0.3) is 5.91 Å². The molecule has 2 aromatic carbocycles. The number of amides is 1. The minimum atomic E-state index is 0.0295. The number of likely N-dealkylation sites (N-methyl/N-ethyl adjacent to an activating group) is 1. The average Bonchev–Trinajstić information content (AvgIpc) is 3.23. The van der Waals surface area contributed by atoms with Crippen LogP contribution in [0.3, 0.4) is 0 Å². The van der Waals surface area contributed by atoms with Crippen LogP contribution in [0.5, 0.6) is 0 Å². The summed E-state index contributed by atoms with van der Waals surface area (Å²) < 4.78 is 1.55. The SMILES string of the molecule is CN1CCN(C(=O)c2cccc(-n3cnnn3)c2)[C@@H](c2ccccc2)C1. The van der Waals surface area contributed by atoms with E-state index in [-0.39, 0.29) is 11.9 Å². The first-order valence-corrected chi connectivity index (χ1v) is 8.60. The number of carbonyl (C=O) groups excluding carboxylic acids is 1. The molecular formula is C19H20N6O. The monoisotopic (exact) mass is 348 g/mol. The summed E-state index contributed by atoms with van der Waals surface area (Å²) in [7, 11) is 2.09. The van der Waals surface area contributed by atoms with Gasteiger partial charge >= 0.3 is 0 Å². The maximum absolute atomic E-state index is 13.3. The maximum atomic E-state index is 13.3. The van der Waals surface area contributed by atoms with E-state index in [4.69, 9.17) is 0 Å². The Hall–Kier alpha value is -3.06. The van der Waals surface area contributed by atoms with E-state index in [0.29, 0.717) is 12.1 Å². The summed E-state index contributed by atoms with van der Waals surface area (Å²) in [5.74, 6) is 0.0295. The number of nitrogens with zero attached hydrogens (tertiary/aromatic N) is 6. The van der Waals surface area contributed by atoms with Gasteiger partial charge in [-0.1, -0.05) is 36.4 Å². The lowest BCUT2D eigenvalue weighted by molar-refractivity contribution is 0.0498. The minimum absolute atomic E-state index is 0.0295. The third-order valence-corrected chi connectivity index (χ3v) is 4.74. The predicted molar refractivity (Wildman–Crippen MR) is 96.9 cm³/mol. The van der Waals surface area contributed by atoms with E-state index in [1.165, 1.54) is 6.33 Å². The third-order valence-electron chi connectivity index (χ3n) is 4.74. The second-order valence-corrected chi connectivity index (χ2v) is 6.49. The molecular weight excluding hydrogens is 328 g/mol. The summed E-state index contributed by atoms with van der Waals surface area (Å²) in [5.41, 5.74) is 2.57. The van der Waals surface area contributed by atoms with Gasteiger partial charge in [-0.25, -0.2) is 4.68 Å². The Morgan fingerprint density at radius 2 is 1.92 bits per heavy atom. The Bertz CT molecular complexity index is 880. The summed E-state index contributed by atoms with van der Waals surface area (Å²) in [6.45, 7) is 2.38. The zero-order chi connectivity index (χ0) is 17.9. The van der Waals surface area contributed by atoms with E-state index in [1.807, 2.05) is 47.4 Å². The van der Waals surface area contributed by atoms with Gasteiger partial charge in [-0.3, -0.25) is 4.79 Å². The molecule has 1 aliphatic rings. The minimum Gasteiger partial charge on any atom is -0.329 e. The van der Waals surface area contributed by atoms with Crippen LogP contribution in [0.15, 0.2) is 60.9 Å². The van der Waals surface area contributed by atoms with E-state index in [9.17, 15) is 4.79 Å². The van der Waals surface area contributed by atoms with E-state index >= 15 is 0 Å². The van der Waals surface area contributed by atoms with Gasteiger partial charge in [0, 0.05) is 25.2 Å². The predicted octanol–water partition coefficient (Wildman–Crippen LogP) is 1.79. The van der Waals surface area contributed by atoms with Gasteiger partial charge in [-0.05, 0) is 41.2 Å². The number of hydrogen-bond acceptors (Lipinski definition) is 5. The molecule has 0 spiro atoms. The van der Waals surface area contributed by atoms with Gasteiger partial charge in [0.15, 0.2) is 0 Å². The second kappa shape index (κ2) is 7.05. The largest absolute Gasteiger partial charge is 0.329 e. The van der Waals surface area contributed by atoms with Crippen molar-refractivity contribution in [2.45, 2.75) is 6.04 Å². The molecule has 7 heteroatoms. The standard InChI is InChI=1S/C19H20N6O/c1-23-10-11-24(18(13-23)15-6-3-2-4-7-15)19(26)16-8-5-9-17(12-16)25-14-20-21-22-25/h2-9,12,14,18H,10-11,13H2,1H3/t18-/m1/s1. The molecule has 0 saturated carbocycles. The van der Waals surface area contributed by atoms with Crippen molar-refractivity contribution in [1.82, 2.24) is 30.0 Å². The van der Waals surface area contributed by atoms with E-state index in [1.54, 1.807) is 4.68 Å². The highest BCUT2D eigenvalue weighted by Gasteiger charge is 2.30. The molecule has 4 rings (SSSR count). The summed E-state index contributed by atoms with van der Waals surface area (Å²) >= 11 is 0. The van der Waals surface area contributed by atoms with Crippen molar-refractivity contribution in [3.63, 3.8) is 0 Å². The number of benzene rings is 2. The van der Waals surface area contributed by atoms with Crippen LogP contribution in [-0.2, 0) is 0 Å². The highest BCUT2D eigenvalue weighted by atomic mass is 16.2. The molecule has 7 nitrogen and oxygen atoms in total. The van der Waals surface area contributed by atoms with Gasteiger partial charge in [0.2, 0.25) is 0 Å². The van der Waals surface area contributed by atoms with Crippen LogP contribution in [0.1, 0.15) is 22.0 Å². The molecule has 0 aliphatic carbocycles. The number of rotatable bonds is 3. The molecule has 132 valence electrons. The average molecular weight is 348 g/mol. The topological polar surface area (TPSA) is 67.2 Å². The molecule has 1 aromatic heterocycles. The molecule has 0 bridgehead atoms. The summed E-state index contributed by atoms with van der Waals surface area (Å²) in [4.78, 5) is 17.5. The third kappa shape index (κ3) is 3.21. The van der Waals surface area contributed by atoms with Crippen LogP contribution in [0.25, 0.3) is 5.69 Å². The number of hydrogen-bond donors (Lipinski definition) is 0. The first-order valence-electron chi connectivity index (χ1n) is 8.60. The fraction of sp³-hybridized carbons (Fsp3) is 0.263. The molecule has 1 aliphatic heterocycles. The lowest BCUT2D eigenvalue weighted by Crippen LogP contribution is -2.49. The number of carbonyl (C=O) groups is 1. The van der Waals surface area contributed by atoms with Crippen LogP contribution < -0.4 is 0 Å². The van der Waals surface area contributed by atoms with Gasteiger partial charge in [-0.15, -0.1) is 5.10 Å². The second-order valence-electron chi connectivity index (χ2n) is 6.49. The molecule has 26 heavy (non-hydrogen) atoms. The lowest BCUT2D eigenvalue weighted by atomic mass is 10.0. The highest BCUT2D eigenvalue weighted by Crippen LogP contribution is 2.27. The van der Waals surface area contributed by atoms with Crippen molar-refractivity contribution >= 4 is 5.91 Å². The lowest BCUT2D eigenvalue weighted by Gasteiger charge is -2.40. The molecule has 3 aromatic rings. The molecule has 1 fully saturated rings. The van der Waals surface area contributed by atoms with Gasteiger partial charge in [0.1, 0.15) is 6.33 Å². The van der Waals surface area contributed by atoms with Crippen molar-refractivity contribution < 1.29 is 4.79 Å². The van der Waals surface area contributed by atoms with Gasteiger partial charge in [-0.2, -0.15) is 0 Å². The summed E-state index contributed by atoms with van der Waals surface area (Å²) in [6.07, 6.45) is 1.52. The Kier molecular flexibility index (Phi) is 4.45. The van der Waals surface area contributed by atoms with E-state index < -0.39 is 0 Å². The zero-order valence-corrected chi connectivity index (χ0v) is 14.6. The highest BCUT2D eigenvalue weighted by molar-refractivity contribution is 5.95. The van der Waals surface area contributed by atoms with E-state index in [0.717, 1.165) is 24.3 Å². The van der Waals surface area contributed by atoms with Crippen molar-refractivity contribution in [2.75, 3.05) is 26.7 Å². The normalized spacial score (nSPS) is 18.0. The molecule has 1 amide bonds.